The molecular formula is C13H24N2O3. The lowest BCUT2D eigenvalue weighted by Gasteiger charge is -2.24. The molecule has 1 aliphatic heterocycles. The summed E-state index contributed by atoms with van der Waals surface area (Å²) >= 11 is 0. The van der Waals surface area contributed by atoms with E-state index in [1.54, 1.807) is 12.0 Å². The number of amides is 2. The number of ether oxygens (including phenoxy) is 1. The third-order valence-electron chi connectivity index (χ3n) is 3.15. The fourth-order valence-electron chi connectivity index (χ4n) is 2.11. The van der Waals surface area contributed by atoms with Crippen LogP contribution in [0.5, 0.6) is 0 Å². The van der Waals surface area contributed by atoms with Gasteiger partial charge >= 0.3 is 0 Å². The molecule has 2 atom stereocenters. The standard InChI is InChI=1S/C13H24N2O3/c1-9(2)6-14-13(17)11-5-12(16)15(7-11)10(3)8-18-4/h9-11H,5-8H2,1-4H3,(H,14,17)/t10-,11-/m0/s1. The van der Waals surface area contributed by atoms with Crippen LogP contribution in [0.15, 0.2) is 0 Å². The second-order valence-electron chi connectivity index (χ2n) is 5.39. The van der Waals surface area contributed by atoms with Crippen molar-refractivity contribution in [2.24, 2.45) is 11.8 Å². The molecule has 1 rings (SSSR count). The summed E-state index contributed by atoms with van der Waals surface area (Å²) in [6, 6.07) is 0.0328. The lowest BCUT2D eigenvalue weighted by Crippen LogP contribution is -2.39. The molecule has 0 radical (unpaired) electrons. The van der Waals surface area contributed by atoms with E-state index in [4.69, 9.17) is 4.74 Å². The molecule has 0 aromatic heterocycles. The maximum Gasteiger partial charge on any atom is 0.225 e. The van der Waals surface area contributed by atoms with Crippen LogP contribution < -0.4 is 5.32 Å². The number of rotatable bonds is 6. The molecule has 0 bridgehead atoms. The molecule has 104 valence electrons. The van der Waals surface area contributed by atoms with E-state index in [9.17, 15) is 9.59 Å². The molecule has 0 aliphatic carbocycles. The minimum absolute atomic E-state index is 0.0100. The molecule has 1 heterocycles. The van der Waals surface area contributed by atoms with E-state index in [1.165, 1.54) is 0 Å². The van der Waals surface area contributed by atoms with Gasteiger partial charge in [0.2, 0.25) is 11.8 Å². The van der Waals surface area contributed by atoms with Crippen LogP contribution in [-0.4, -0.2) is 49.6 Å². The molecular weight excluding hydrogens is 232 g/mol. The first-order chi connectivity index (χ1) is 8.45. The monoisotopic (exact) mass is 256 g/mol. The summed E-state index contributed by atoms with van der Waals surface area (Å²) in [7, 11) is 1.61. The lowest BCUT2D eigenvalue weighted by atomic mass is 10.1. The number of carbonyl (C=O) groups excluding carboxylic acids is 2. The van der Waals surface area contributed by atoms with Gasteiger partial charge < -0.3 is 15.0 Å². The maximum absolute atomic E-state index is 11.9. The number of hydrogen-bond acceptors (Lipinski definition) is 3. The van der Waals surface area contributed by atoms with Gasteiger partial charge in [0.25, 0.3) is 0 Å². The van der Waals surface area contributed by atoms with Crippen molar-refractivity contribution in [3.8, 4) is 0 Å². The molecule has 5 heteroatoms. The Kier molecular flexibility index (Phi) is 5.59. The van der Waals surface area contributed by atoms with Crippen LogP contribution in [0, 0.1) is 11.8 Å². The Bertz CT molecular complexity index is 305. The summed E-state index contributed by atoms with van der Waals surface area (Å²) in [6.45, 7) is 7.71. The van der Waals surface area contributed by atoms with Crippen molar-refractivity contribution in [2.75, 3.05) is 26.8 Å². The SMILES string of the molecule is COC[C@H](C)N1C[C@@H](C(=O)NCC(C)C)CC1=O. The first-order valence-corrected chi connectivity index (χ1v) is 6.51. The number of nitrogens with one attached hydrogen (secondary N) is 1. The largest absolute Gasteiger partial charge is 0.383 e. The predicted molar refractivity (Wildman–Crippen MR) is 69.0 cm³/mol. The number of hydrogen-bond donors (Lipinski definition) is 1. The zero-order valence-corrected chi connectivity index (χ0v) is 11.7. The van der Waals surface area contributed by atoms with Gasteiger partial charge in [-0.2, -0.15) is 0 Å². The van der Waals surface area contributed by atoms with Crippen LogP contribution in [-0.2, 0) is 14.3 Å². The Labute approximate surface area is 109 Å². The second kappa shape index (κ2) is 6.73. The average Bonchev–Trinajstić information content (AvgIpc) is 2.68. The van der Waals surface area contributed by atoms with E-state index in [-0.39, 0.29) is 23.8 Å². The van der Waals surface area contributed by atoms with Gasteiger partial charge in [-0.3, -0.25) is 9.59 Å². The zero-order chi connectivity index (χ0) is 13.7. The van der Waals surface area contributed by atoms with Gasteiger partial charge in [0, 0.05) is 26.6 Å². The fourth-order valence-corrected chi connectivity index (χ4v) is 2.11. The topological polar surface area (TPSA) is 58.6 Å². The normalized spacial score (nSPS) is 21.5. The van der Waals surface area contributed by atoms with Crippen molar-refractivity contribution < 1.29 is 14.3 Å². The third kappa shape index (κ3) is 3.98. The van der Waals surface area contributed by atoms with Crippen molar-refractivity contribution >= 4 is 11.8 Å². The van der Waals surface area contributed by atoms with Gasteiger partial charge in [-0.15, -0.1) is 0 Å². The van der Waals surface area contributed by atoms with Crippen LogP contribution in [0.1, 0.15) is 27.2 Å². The van der Waals surface area contributed by atoms with Gasteiger partial charge in [-0.05, 0) is 12.8 Å². The van der Waals surface area contributed by atoms with E-state index in [2.05, 4.69) is 5.32 Å². The second-order valence-corrected chi connectivity index (χ2v) is 5.39. The molecule has 5 nitrogen and oxygen atoms in total. The third-order valence-corrected chi connectivity index (χ3v) is 3.15. The number of likely N-dealkylation sites (tertiary alicyclic amines) is 1. The Balaban J connectivity index is 2.47. The van der Waals surface area contributed by atoms with Crippen molar-refractivity contribution in [3.63, 3.8) is 0 Å². The predicted octanol–water partition coefficient (Wildman–Crippen LogP) is 0.642. The molecule has 1 fully saturated rings. The van der Waals surface area contributed by atoms with Gasteiger partial charge in [0.15, 0.2) is 0 Å². The van der Waals surface area contributed by atoms with Crippen LogP contribution in [0.25, 0.3) is 0 Å². The number of carbonyl (C=O) groups is 2. The van der Waals surface area contributed by atoms with Crippen molar-refractivity contribution in [1.29, 1.82) is 0 Å². The Morgan fingerprint density at radius 3 is 2.72 bits per heavy atom. The van der Waals surface area contributed by atoms with E-state index < -0.39 is 0 Å². The molecule has 1 N–H and O–H groups in total. The highest BCUT2D eigenvalue weighted by Crippen LogP contribution is 2.20. The van der Waals surface area contributed by atoms with Gasteiger partial charge in [0.1, 0.15) is 0 Å². The first-order valence-electron chi connectivity index (χ1n) is 6.51. The van der Waals surface area contributed by atoms with Crippen molar-refractivity contribution in [3.05, 3.63) is 0 Å². The van der Waals surface area contributed by atoms with Crippen LogP contribution in [0.4, 0.5) is 0 Å². The summed E-state index contributed by atoms with van der Waals surface area (Å²) in [5.74, 6) is 0.249. The van der Waals surface area contributed by atoms with Crippen LogP contribution in [0.2, 0.25) is 0 Å². The minimum Gasteiger partial charge on any atom is -0.383 e. The highest BCUT2D eigenvalue weighted by Gasteiger charge is 2.36. The van der Waals surface area contributed by atoms with Crippen LogP contribution in [0.3, 0.4) is 0 Å². The summed E-state index contributed by atoms with van der Waals surface area (Å²) in [5.41, 5.74) is 0. The highest BCUT2D eigenvalue weighted by molar-refractivity contribution is 5.89. The van der Waals surface area contributed by atoms with Crippen molar-refractivity contribution in [1.82, 2.24) is 10.2 Å². The van der Waals surface area contributed by atoms with Gasteiger partial charge in [0.05, 0.1) is 18.6 Å². The number of methoxy groups -OCH3 is 1. The molecule has 2 amide bonds. The van der Waals surface area contributed by atoms with Gasteiger partial charge in [-0.1, -0.05) is 13.8 Å². The molecule has 0 saturated carbocycles. The van der Waals surface area contributed by atoms with E-state index in [0.717, 1.165) is 0 Å². The van der Waals surface area contributed by atoms with E-state index >= 15 is 0 Å². The molecule has 0 unspecified atom stereocenters. The molecule has 1 saturated heterocycles. The Morgan fingerprint density at radius 1 is 1.50 bits per heavy atom. The summed E-state index contributed by atoms with van der Waals surface area (Å²) < 4.78 is 5.04. The zero-order valence-electron chi connectivity index (χ0n) is 11.7. The first kappa shape index (κ1) is 15.0. The molecule has 18 heavy (non-hydrogen) atoms. The van der Waals surface area contributed by atoms with Gasteiger partial charge in [-0.25, -0.2) is 0 Å². The lowest BCUT2D eigenvalue weighted by molar-refractivity contribution is -0.130. The molecule has 0 aromatic carbocycles. The average molecular weight is 256 g/mol. The Morgan fingerprint density at radius 2 is 2.17 bits per heavy atom. The van der Waals surface area contributed by atoms with Crippen molar-refractivity contribution in [2.45, 2.75) is 33.2 Å². The Hall–Kier alpha value is -1.10. The fraction of sp³-hybridized carbons (Fsp3) is 0.846. The molecule has 1 aliphatic rings. The number of nitrogens with zero attached hydrogens (tertiary/aromatic N) is 1. The highest BCUT2D eigenvalue weighted by atomic mass is 16.5. The van der Waals surface area contributed by atoms with E-state index in [1.807, 2.05) is 20.8 Å². The maximum atomic E-state index is 11.9. The molecule has 0 aromatic rings. The van der Waals surface area contributed by atoms with E-state index in [0.29, 0.717) is 32.0 Å². The molecule has 0 spiro atoms. The van der Waals surface area contributed by atoms with Crippen LogP contribution >= 0.6 is 0 Å². The quantitative estimate of drug-likeness (QED) is 0.759. The summed E-state index contributed by atoms with van der Waals surface area (Å²) in [4.78, 5) is 25.5. The smallest absolute Gasteiger partial charge is 0.225 e. The summed E-state index contributed by atoms with van der Waals surface area (Å²) in [5, 5.41) is 2.89. The minimum atomic E-state index is -0.212. The summed E-state index contributed by atoms with van der Waals surface area (Å²) in [6.07, 6.45) is 0.317.